The number of fused-ring (bicyclic) bond motifs is 1. The van der Waals surface area contributed by atoms with E-state index in [1.165, 1.54) is 0 Å². The summed E-state index contributed by atoms with van der Waals surface area (Å²) in [4.78, 5) is 26.9. The van der Waals surface area contributed by atoms with Crippen LogP contribution in [0.25, 0.3) is 0 Å². The Kier molecular flexibility index (Phi) is 4.39. The van der Waals surface area contributed by atoms with E-state index < -0.39 is 5.97 Å². The summed E-state index contributed by atoms with van der Waals surface area (Å²) in [7, 11) is 3.88. The molecule has 5 heteroatoms. The van der Waals surface area contributed by atoms with Crippen molar-refractivity contribution in [3.63, 3.8) is 0 Å². The molecule has 2 rings (SSSR count). The Labute approximate surface area is 118 Å². The predicted octanol–water partition coefficient (Wildman–Crippen LogP) is 1.22. The highest BCUT2D eigenvalue weighted by Crippen LogP contribution is 2.21. The minimum atomic E-state index is -0.927. The summed E-state index contributed by atoms with van der Waals surface area (Å²) in [5, 5.41) is 9.02. The van der Waals surface area contributed by atoms with Gasteiger partial charge in [-0.25, -0.2) is 4.79 Å². The van der Waals surface area contributed by atoms with Crippen molar-refractivity contribution in [3.05, 3.63) is 34.9 Å². The molecule has 108 valence electrons. The second kappa shape index (κ2) is 6.05. The number of nitrogens with zero attached hydrogens (tertiary/aromatic N) is 2. The molecule has 1 N–H and O–H groups in total. The number of carboxylic acid groups (broad SMARTS) is 1. The van der Waals surface area contributed by atoms with E-state index in [0.717, 1.165) is 24.1 Å². The van der Waals surface area contributed by atoms with Crippen molar-refractivity contribution >= 4 is 11.9 Å². The van der Waals surface area contributed by atoms with Crippen molar-refractivity contribution < 1.29 is 14.7 Å². The van der Waals surface area contributed by atoms with E-state index in [2.05, 4.69) is 0 Å². The van der Waals surface area contributed by atoms with Crippen LogP contribution in [0.4, 0.5) is 0 Å². The Morgan fingerprint density at radius 2 is 2.05 bits per heavy atom. The number of carbonyl (C=O) groups excluding carboxylic acids is 1. The van der Waals surface area contributed by atoms with Crippen molar-refractivity contribution in [1.82, 2.24) is 9.80 Å². The fraction of sp³-hybridized carbons (Fsp3) is 0.467. The fourth-order valence-electron chi connectivity index (χ4n) is 2.38. The van der Waals surface area contributed by atoms with Gasteiger partial charge in [0.15, 0.2) is 0 Å². The van der Waals surface area contributed by atoms with E-state index in [9.17, 15) is 9.59 Å². The van der Waals surface area contributed by atoms with Gasteiger partial charge >= 0.3 is 5.97 Å². The number of hydrogen-bond donors (Lipinski definition) is 1. The molecule has 1 aliphatic rings. The summed E-state index contributed by atoms with van der Waals surface area (Å²) in [6, 6.07) is 5.17. The van der Waals surface area contributed by atoms with E-state index in [1.54, 1.807) is 12.1 Å². The van der Waals surface area contributed by atoms with Gasteiger partial charge in [0, 0.05) is 26.1 Å². The first-order valence-electron chi connectivity index (χ1n) is 6.75. The van der Waals surface area contributed by atoms with Crippen LogP contribution < -0.4 is 0 Å². The standard InChI is InChI=1S/C15H20N2O3/c1-16(2)7-6-14(18)17-8-5-11-3-4-12(15(19)20)9-13(11)10-17/h3-4,9H,5-8,10H2,1-2H3,(H,19,20). The lowest BCUT2D eigenvalue weighted by atomic mass is 9.97. The average molecular weight is 276 g/mol. The molecule has 20 heavy (non-hydrogen) atoms. The van der Waals surface area contributed by atoms with Crippen LogP contribution in [0.3, 0.4) is 0 Å². The Morgan fingerprint density at radius 3 is 2.70 bits per heavy atom. The SMILES string of the molecule is CN(C)CCC(=O)N1CCc2ccc(C(=O)O)cc2C1. The summed E-state index contributed by atoms with van der Waals surface area (Å²) in [6.07, 6.45) is 1.30. The van der Waals surface area contributed by atoms with Gasteiger partial charge in [0.1, 0.15) is 0 Å². The van der Waals surface area contributed by atoms with Crippen molar-refractivity contribution in [1.29, 1.82) is 0 Å². The minimum Gasteiger partial charge on any atom is -0.478 e. The van der Waals surface area contributed by atoms with Crippen LogP contribution in [0.1, 0.15) is 27.9 Å². The first-order valence-corrected chi connectivity index (χ1v) is 6.75. The molecule has 0 aliphatic carbocycles. The van der Waals surface area contributed by atoms with Gasteiger partial charge in [-0.2, -0.15) is 0 Å². The van der Waals surface area contributed by atoms with Crippen LogP contribution in [0, 0.1) is 0 Å². The molecule has 0 atom stereocenters. The van der Waals surface area contributed by atoms with Crippen molar-refractivity contribution in [2.24, 2.45) is 0 Å². The topological polar surface area (TPSA) is 60.9 Å². The van der Waals surface area contributed by atoms with Gasteiger partial charge in [-0.1, -0.05) is 6.07 Å². The van der Waals surface area contributed by atoms with Gasteiger partial charge in [-0.15, -0.1) is 0 Å². The number of carbonyl (C=O) groups is 2. The summed E-state index contributed by atoms with van der Waals surface area (Å²) < 4.78 is 0. The number of benzene rings is 1. The Morgan fingerprint density at radius 1 is 1.30 bits per heavy atom. The van der Waals surface area contributed by atoms with E-state index >= 15 is 0 Å². The van der Waals surface area contributed by atoms with Gasteiger partial charge in [0.25, 0.3) is 0 Å². The maximum absolute atomic E-state index is 12.1. The van der Waals surface area contributed by atoms with Crippen LogP contribution >= 0.6 is 0 Å². The van der Waals surface area contributed by atoms with E-state index in [0.29, 0.717) is 19.5 Å². The highest BCUT2D eigenvalue weighted by molar-refractivity contribution is 5.88. The van der Waals surface area contributed by atoms with E-state index in [1.807, 2.05) is 30.0 Å². The van der Waals surface area contributed by atoms with Crippen molar-refractivity contribution in [2.75, 3.05) is 27.2 Å². The number of rotatable bonds is 4. The number of aromatic carboxylic acids is 1. The molecule has 0 saturated carbocycles. The molecule has 0 bridgehead atoms. The normalized spacial score (nSPS) is 14.2. The van der Waals surface area contributed by atoms with Crippen LogP contribution in [0.15, 0.2) is 18.2 Å². The van der Waals surface area contributed by atoms with E-state index in [4.69, 9.17) is 5.11 Å². The molecular weight excluding hydrogens is 256 g/mol. The zero-order valence-electron chi connectivity index (χ0n) is 11.9. The van der Waals surface area contributed by atoms with Gasteiger partial charge in [-0.05, 0) is 43.8 Å². The predicted molar refractivity (Wildman–Crippen MR) is 75.7 cm³/mol. The lowest BCUT2D eigenvalue weighted by Gasteiger charge is -2.29. The molecule has 0 fully saturated rings. The third-order valence-corrected chi connectivity index (χ3v) is 3.59. The number of amides is 1. The van der Waals surface area contributed by atoms with E-state index in [-0.39, 0.29) is 11.5 Å². The molecule has 0 saturated heterocycles. The summed E-state index contributed by atoms with van der Waals surface area (Å²) >= 11 is 0. The molecule has 1 aromatic rings. The molecule has 1 aromatic carbocycles. The minimum absolute atomic E-state index is 0.130. The monoisotopic (exact) mass is 276 g/mol. The van der Waals surface area contributed by atoms with Crippen LogP contribution in [-0.4, -0.2) is 54.0 Å². The van der Waals surface area contributed by atoms with Crippen LogP contribution in [-0.2, 0) is 17.8 Å². The molecule has 1 aliphatic heterocycles. The quantitative estimate of drug-likeness (QED) is 0.898. The van der Waals surface area contributed by atoms with Crippen molar-refractivity contribution in [2.45, 2.75) is 19.4 Å². The van der Waals surface area contributed by atoms with Gasteiger partial charge < -0.3 is 14.9 Å². The molecule has 1 heterocycles. The molecule has 0 aromatic heterocycles. The first kappa shape index (κ1) is 14.5. The Hall–Kier alpha value is -1.88. The average Bonchev–Trinajstić information content (AvgIpc) is 2.43. The lowest BCUT2D eigenvalue weighted by molar-refractivity contribution is -0.132. The maximum atomic E-state index is 12.1. The van der Waals surface area contributed by atoms with Crippen molar-refractivity contribution in [3.8, 4) is 0 Å². The molecule has 0 unspecified atom stereocenters. The maximum Gasteiger partial charge on any atom is 0.335 e. The van der Waals surface area contributed by atoms with Crippen LogP contribution in [0.5, 0.6) is 0 Å². The first-order chi connectivity index (χ1) is 9.47. The number of hydrogen-bond acceptors (Lipinski definition) is 3. The van der Waals surface area contributed by atoms with Gasteiger partial charge in [-0.3, -0.25) is 4.79 Å². The fourth-order valence-corrected chi connectivity index (χ4v) is 2.38. The largest absolute Gasteiger partial charge is 0.478 e. The lowest BCUT2D eigenvalue weighted by Crippen LogP contribution is -2.37. The zero-order chi connectivity index (χ0) is 14.7. The van der Waals surface area contributed by atoms with Gasteiger partial charge in [0.05, 0.1) is 5.56 Å². The van der Waals surface area contributed by atoms with Gasteiger partial charge in [0.2, 0.25) is 5.91 Å². The molecule has 0 spiro atoms. The summed E-state index contributed by atoms with van der Waals surface area (Å²) in [5.41, 5.74) is 2.38. The summed E-state index contributed by atoms with van der Waals surface area (Å²) in [5.74, 6) is -0.797. The third-order valence-electron chi connectivity index (χ3n) is 3.59. The second-order valence-electron chi connectivity index (χ2n) is 5.41. The smallest absolute Gasteiger partial charge is 0.335 e. The Balaban J connectivity index is 2.07. The zero-order valence-corrected chi connectivity index (χ0v) is 11.9. The molecular formula is C15H20N2O3. The van der Waals surface area contributed by atoms with Crippen LogP contribution in [0.2, 0.25) is 0 Å². The highest BCUT2D eigenvalue weighted by atomic mass is 16.4. The number of carboxylic acids is 1. The summed E-state index contributed by atoms with van der Waals surface area (Å²) in [6.45, 7) is 1.96. The molecule has 0 radical (unpaired) electrons. The Bertz CT molecular complexity index is 526. The highest BCUT2D eigenvalue weighted by Gasteiger charge is 2.21. The third kappa shape index (κ3) is 3.36. The molecule has 5 nitrogen and oxygen atoms in total. The second-order valence-corrected chi connectivity index (χ2v) is 5.41. The molecule has 1 amide bonds.